The number of amides is 4. The standard InChI is InChI=1S/C26H27N3O5/c1-26(2,3)34-25(33)28-13-11-15(12-14-28)16-7-8-19-22-17(16)5-4-6-18(22)24(32)29(19)20-9-10-21(30)27-23(20)31/h4-8,11,20H,9-10,12-14H2,1-3H3,(H,27,30,31). The highest BCUT2D eigenvalue weighted by Crippen LogP contribution is 2.43. The third-order valence-corrected chi connectivity index (χ3v) is 6.46. The number of hydrogen-bond donors (Lipinski definition) is 1. The quantitative estimate of drug-likeness (QED) is 0.689. The Bertz CT molecular complexity index is 1270. The van der Waals surface area contributed by atoms with Gasteiger partial charge in [-0.15, -0.1) is 0 Å². The van der Waals surface area contributed by atoms with E-state index in [0.29, 0.717) is 37.2 Å². The molecule has 0 bridgehead atoms. The lowest BCUT2D eigenvalue weighted by Crippen LogP contribution is -2.53. The van der Waals surface area contributed by atoms with Crippen molar-refractivity contribution in [1.29, 1.82) is 0 Å². The number of nitrogens with one attached hydrogen (secondary N) is 1. The smallest absolute Gasteiger partial charge is 0.410 e. The van der Waals surface area contributed by atoms with Gasteiger partial charge in [0, 0.05) is 30.5 Å². The number of benzene rings is 2. The molecule has 5 rings (SSSR count). The van der Waals surface area contributed by atoms with E-state index < -0.39 is 17.6 Å². The first-order valence-electron chi connectivity index (χ1n) is 11.5. The molecule has 0 aliphatic carbocycles. The number of imide groups is 1. The molecule has 8 heteroatoms. The first-order valence-corrected chi connectivity index (χ1v) is 11.5. The Labute approximate surface area is 197 Å². The van der Waals surface area contributed by atoms with E-state index in [2.05, 4.69) is 5.32 Å². The van der Waals surface area contributed by atoms with Crippen LogP contribution in [-0.4, -0.2) is 53.4 Å². The van der Waals surface area contributed by atoms with Crippen LogP contribution in [0.2, 0.25) is 0 Å². The summed E-state index contributed by atoms with van der Waals surface area (Å²) < 4.78 is 5.49. The fourth-order valence-electron chi connectivity index (χ4n) is 4.93. The van der Waals surface area contributed by atoms with Gasteiger partial charge >= 0.3 is 6.09 Å². The van der Waals surface area contributed by atoms with E-state index in [1.165, 1.54) is 4.90 Å². The SMILES string of the molecule is CC(C)(C)OC(=O)N1CC=C(c2ccc3c4c(cccc24)C(=O)N3C2CCC(=O)NC2=O)CC1. The van der Waals surface area contributed by atoms with Crippen LogP contribution >= 0.6 is 0 Å². The molecule has 0 spiro atoms. The summed E-state index contributed by atoms with van der Waals surface area (Å²) in [5, 5.41) is 4.12. The predicted octanol–water partition coefficient (Wildman–Crippen LogP) is 3.63. The van der Waals surface area contributed by atoms with Crippen molar-refractivity contribution in [3.8, 4) is 0 Å². The molecule has 0 radical (unpaired) electrons. The van der Waals surface area contributed by atoms with Crippen molar-refractivity contribution in [2.45, 2.75) is 51.7 Å². The monoisotopic (exact) mass is 461 g/mol. The third-order valence-electron chi connectivity index (χ3n) is 6.46. The lowest BCUT2D eigenvalue weighted by Gasteiger charge is -2.31. The van der Waals surface area contributed by atoms with E-state index in [1.54, 1.807) is 11.0 Å². The molecular weight excluding hydrogens is 434 g/mol. The average Bonchev–Trinajstić information content (AvgIpc) is 3.06. The summed E-state index contributed by atoms with van der Waals surface area (Å²) in [6, 6.07) is 8.78. The second-order valence-electron chi connectivity index (χ2n) is 9.91. The Balaban J connectivity index is 1.47. The van der Waals surface area contributed by atoms with Gasteiger partial charge in [0.15, 0.2) is 0 Å². The van der Waals surface area contributed by atoms with Gasteiger partial charge in [0.25, 0.3) is 5.91 Å². The normalized spacial score (nSPS) is 20.5. The van der Waals surface area contributed by atoms with Crippen LogP contribution in [0.1, 0.15) is 56.0 Å². The molecule has 1 N–H and O–H groups in total. The van der Waals surface area contributed by atoms with Crippen LogP contribution in [0.15, 0.2) is 36.4 Å². The molecule has 0 saturated carbocycles. The molecule has 1 unspecified atom stereocenters. The van der Waals surface area contributed by atoms with Crippen molar-refractivity contribution in [2.24, 2.45) is 0 Å². The molecule has 3 aliphatic heterocycles. The molecular formula is C26H27N3O5. The molecule has 1 fully saturated rings. The minimum absolute atomic E-state index is 0.207. The molecule has 3 heterocycles. The highest BCUT2D eigenvalue weighted by atomic mass is 16.6. The van der Waals surface area contributed by atoms with Gasteiger partial charge in [-0.2, -0.15) is 0 Å². The molecule has 34 heavy (non-hydrogen) atoms. The zero-order chi connectivity index (χ0) is 24.2. The molecule has 1 atom stereocenters. The zero-order valence-corrected chi connectivity index (χ0v) is 19.5. The minimum Gasteiger partial charge on any atom is -0.444 e. The van der Waals surface area contributed by atoms with Gasteiger partial charge in [0.1, 0.15) is 11.6 Å². The first kappa shape index (κ1) is 22.1. The maximum atomic E-state index is 13.3. The minimum atomic E-state index is -0.706. The van der Waals surface area contributed by atoms with Crippen molar-refractivity contribution in [3.05, 3.63) is 47.5 Å². The molecule has 4 amide bonds. The number of carbonyl (C=O) groups is 4. The second kappa shape index (κ2) is 7.97. The van der Waals surface area contributed by atoms with Crippen LogP contribution in [0.4, 0.5) is 10.5 Å². The van der Waals surface area contributed by atoms with Gasteiger partial charge in [-0.05, 0) is 62.3 Å². The van der Waals surface area contributed by atoms with Crippen LogP contribution in [0.3, 0.4) is 0 Å². The molecule has 1 saturated heterocycles. The lowest BCUT2D eigenvalue weighted by atomic mass is 9.92. The fourth-order valence-corrected chi connectivity index (χ4v) is 4.93. The molecule has 8 nitrogen and oxygen atoms in total. The Morgan fingerprint density at radius 3 is 2.53 bits per heavy atom. The Hall–Kier alpha value is -3.68. The van der Waals surface area contributed by atoms with E-state index in [1.807, 2.05) is 51.1 Å². The first-order chi connectivity index (χ1) is 16.1. The van der Waals surface area contributed by atoms with Crippen LogP contribution < -0.4 is 10.2 Å². The van der Waals surface area contributed by atoms with E-state index in [0.717, 1.165) is 21.9 Å². The fraction of sp³-hybridized carbons (Fsp3) is 0.385. The summed E-state index contributed by atoms with van der Waals surface area (Å²) in [4.78, 5) is 53.1. The third kappa shape index (κ3) is 3.73. The maximum absolute atomic E-state index is 13.3. The topological polar surface area (TPSA) is 96.0 Å². The number of carbonyl (C=O) groups excluding carboxylic acids is 4. The highest BCUT2D eigenvalue weighted by molar-refractivity contribution is 6.28. The van der Waals surface area contributed by atoms with E-state index >= 15 is 0 Å². The summed E-state index contributed by atoms with van der Waals surface area (Å²) in [6.07, 6.45) is 2.89. The van der Waals surface area contributed by atoms with Crippen molar-refractivity contribution in [3.63, 3.8) is 0 Å². The van der Waals surface area contributed by atoms with Crippen LogP contribution in [0, 0.1) is 0 Å². The molecule has 3 aliphatic rings. The zero-order valence-electron chi connectivity index (χ0n) is 19.5. The number of nitrogens with zero attached hydrogens (tertiary/aromatic N) is 2. The summed E-state index contributed by atoms with van der Waals surface area (Å²) in [5.41, 5.74) is 2.84. The van der Waals surface area contributed by atoms with E-state index in [9.17, 15) is 19.2 Å². The summed E-state index contributed by atoms with van der Waals surface area (Å²) in [7, 11) is 0. The van der Waals surface area contributed by atoms with Gasteiger partial charge in [0.2, 0.25) is 11.8 Å². The summed E-state index contributed by atoms with van der Waals surface area (Å²) >= 11 is 0. The van der Waals surface area contributed by atoms with Gasteiger partial charge in [-0.1, -0.05) is 24.3 Å². The Morgan fingerprint density at radius 1 is 1.06 bits per heavy atom. The number of hydrogen-bond acceptors (Lipinski definition) is 5. The van der Waals surface area contributed by atoms with Crippen LogP contribution in [0.25, 0.3) is 16.3 Å². The van der Waals surface area contributed by atoms with Gasteiger partial charge < -0.3 is 9.64 Å². The maximum Gasteiger partial charge on any atom is 0.410 e. The summed E-state index contributed by atoms with van der Waals surface area (Å²) in [6.45, 7) is 6.55. The number of piperidine rings is 1. The van der Waals surface area contributed by atoms with E-state index in [4.69, 9.17) is 4.74 Å². The average molecular weight is 462 g/mol. The Kier molecular flexibility index (Phi) is 5.19. The number of anilines is 1. The van der Waals surface area contributed by atoms with Crippen LogP contribution in [0.5, 0.6) is 0 Å². The van der Waals surface area contributed by atoms with Gasteiger partial charge in [0.05, 0.1) is 5.69 Å². The van der Waals surface area contributed by atoms with Gasteiger partial charge in [-0.25, -0.2) is 4.79 Å². The van der Waals surface area contributed by atoms with Crippen LogP contribution in [-0.2, 0) is 14.3 Å². The number of rotatable bonds is 2. The largest absolute Gasteiger partial charge is 0.444 e. The molecule has 176 valence electrons. The van der Waals surface area contributed by atoms with Crippen molar-refractivity contribution < 1.29 is 23.9 Å². The molecule has 2 aromatic carbocycles. The Morgan fingerprint density at radius 2 is 1.85 bits per heavy atom. The summed E-state index contributed by atoms with van der Waals surface area (Å²) in [5.74, 6) is -0.969. The molecule has 0 aromatic heterocycles. The number of ether oxygens (including phenoxy) is 1. The van der Waals surface area contributed by atoms with Crippen molar-refractivity contribution in [2.75, 3.05) is 18.0 Å². The van der Waals surface area contributed by atoms with Crippen molar-refractivity contribution >= 4 is 45.8 Å². The van der Waals surface area contributed by atoms with E-state index in [-0.39, 0.29) is 24.3 Å². The lowest BCUT2D eigenvalue weighted by molar-refractivity contribution is -0.134. The van der Waals surface area contributed by atoms with Gasteiger partial charge in [-0.3, -0.25) is 24.6 Å². The highest BCUT2D eigenvalue weighted by Gasteiger charge is 2.41. The second-order valence-corrected chi connectivity index (χ2v) is 9.91. The predicted molar refractivity (Wildman–Crippen MR) is 127 cm³/mol. The van der Waals surface area contributed by atoms with Crippen molar-refractivity contribution in [1.82, 2.24) is 10.2 Å². The molecule has 2 aromatic rings.